The number of nitrogens with zero attached hydrogens (tertiary/aromatic N) is 5. The van der Waals surface area contributed by atoms with Gasteiger partial charge in [0.15, 0.2) is 0 Å². The van der Waals surface area contributed by atoms with Gasteiger partial charge in [-0.25, -0.2) is 14.4 Å². The van der Waals surface area contributed by atoms with Crippen molar-refractivity contribution >= 4 is 34.6 Å². The second-order valence-corrected chi connectivity index (χ2v) is 7.35. The van der Waals surface area contributed by atoms with E-state index < -0.39 is 11.7 Å². The van der Waals surface area contributed by atoms with E-state index in [-0.39, 0.29) is 11.5 Å². The van der Waals surface area contributed by atoms with E-state index in [0.29, 0.717) is 48.7 Å². The molecule has 9 nitrogen and oxygen atoms in total. The second kappa shape index (κ2) is 7.62. The molecule has 1 aliphatic rings. The standard InChI is InChI=1S/C20H22FN7O2/c1-26(2)19(30)12-3-4-16(23-11-12)27-5-7-28(8-6-27)20-24-15-10-13(21)9-14(18(22)29)17(15)25-20/h3-4,9-11H,5-8H2,1-2H3,(H2,22,29)(H,24,25). The Balaban J connectivity index is 1.48. The molecule has 156 valence electrons. The Kier molecular flexibility index (Phi) is 4.98. The number of hydrogen-bond acceptors (Lipinski definition) is 6. The van der Waals surface area contributed by atoms with Crippen molar-refractivity contribution in [2.45, 2.75) is 0 Å². The number of carbonyl (C=O) groups excluding carboxylic acids is 2. The van der Waals surface area contributed by atoms with Gasteiger partial charge < -0.3 is 25.4 Å². The molecular formula is C20H22FN7O2. The van der Waals surface area contributed by atoms with Crippen molar-refractivity contribution in [2.24, 2.45) is 5.73 Å². The highest BCUT2D eigenvalue weighted by molar-refractivity contribution is 6.04. The maximum atomic E-state index is 13.8. The lowest BCUT2D eigenvalue weighted by molar-refractivity contribution is 0.0827. The molecule has 1 aliphatic heterocycles. The summed E-state index contributed by atoms with van der Waals surface area (Å²) in [7, 11) is 3.41. The molecule has 0 spiro atoms. The molecule has 0 radical (unpaired) electrons. The number of nitrogens with two attached hydrogens (primary N) is 1. The van der Waals surface area contributed by atoms with Crippen LogP contribution >= 0.6 is 0 Å². The Bertz CT molecular complexity index is 1100. The second-order valence-electron chi connectivity index (χ2n) is 7.35. The molecule has 0 bridgehead atoms. The zero-order valence-electron chi connectivity index (χ0n) is 16.7. The quantitative estimate of drug-likeness (QED) is 0.668. The van der Waals surface area contributed by atoms with Gasteiger partial charge in [0.2, 0.25) is 5.95 Å². The van der Waals surface area contributed by atoms with Crippen LogP contribution in [0.4, 0.5) is 16.2 Å². The molecule has 1 fully saturated rings. The van der Waals surface area contributed by atoms with Gasteiger partial charge in [-0.3, -0.25) is 9.59 Å². The highest BCUT2D eigenvalue weighted by Gasteiger charge is 2.22. The Morgan fingerprint density at radius 1 is 1.13 bits per heavy atom. The first kappa shape index (κ1) is 19.6. The predicted molar refractivity (Wildman–Crippen MR) is 111 cm³/mol. The average Bonchev–Trinajstić information content (AvgIpc) is 3.16. The summed E-state index contributed by atoms with van der Waals surface area (Å²) in [5.74, 6) is 0.0176. The molecule has 0 unspecified atom stereocenters. The third kappa shape index (κ3) is 3.63. The maximum absolute atomic E-state index is 13.8. The number of carbonyl (C=O) groups is 2. The molecule has 4 rings (SSSR count). The van der Waals surface area contributed by atoms with Crippen LogP contribution in [0, 0.1) is 5.82 Å². The highest BCUT2D eigenvalue weighted by Crippen LogP contribution is 2.24. The van der Waals surface area contributed by atoms with Crippen molar-refractivity contribution in [3.8, 4) is 0 Å². The van der Waals surface area contributed by atoms with Gasteiger partial charge in [0.05, 0.1) is 16.6 Å². The first-order chi connectivity index (χ1) is 14.3. The molecule has 0 aliphatic carbocycles. The molecule has 2 aromatic heterocycles. The van der Waals surface area contributed by atoms with Gasteiger partial charge in [-0.1, -0.05) is 0 Å². The SMILES string of the molecule is CN(C)C(=O)c1ccc(N2CCN(c3nc4c(C(N)=O)cc(F)cc4[nH]3)CC2)nc1. The number of nitrogens with one attached hydrogen (secondary N) is 1. The van der Waals surface area contributed by atoms with E-state index in [4.69, 9.17) is 5.73 Å². The van der Waals surface area contributed by atoms with Crippen molar-refractivity contribution in [2.75, 3.05) is 50.1 Å². The van der Waals surface area contributed by atoms with Crippen LogP contribution in [0.3, 0.4) is 0 Å². The normalized spacial score (nSPS) is 14.2. The molecule has 0 atom stereocenters. The van der Waals surface area contributed by atoms with E-state index >= 15 is 0 Å². The maximum Gasteiger partial charge on any atom is 0.254 e. The number of anilines is 2. The number of primary amides is 1. The summed E-state index contributed by atoms with van der Waals surface area (Å²) in [6.07, 6.45) is 1.59. The van der Waals surface area contributed by atoms with Gasteiger partial charge in [0, 0.05) is 46.5 Å². The number of imidazole rings is 1. The number of hydrogen-bond donors (Lipinski definition) is 2. The summed E-state index contributed by atoms with van der Waals surface area (Å²) in [5.41, 5.74) is 6.76. The van der Waals surface area contributed by atoms with E-state index in [9.17, 15) is 14.0 Å². The van der Waals surface area contributed by atoms with Gasteiger partial charge >= 0.3 is 0 Å². The van der Waals surface area contributed by atoms with Gasteiger partial charge in [0.1, 0.15) is 17.2 Å². The zero-order chi connectivity index (χ0) is 21.4. The lowest BCUT2D eigenvalue weighted by Gasteiger charge is -2.35. The topological polar surface area (TPSA) is 111 Å². The summed E-state index contributed by atoms with van der Waals surface area (Å²) in [6.45, 7) is 2.71. The fourth-order valence-electron chi connectivity index (χ4n) is 3.51. The van der Waals surface area contributed by atoms with E-state index in [1.807, 2.05) is 11.0 Å². The van der Waals surface area contributed by atoms with Gasteiger partial charge in [0.25, 0.3) is 11.8 Å². The number of aromatic amines is 1. The summed E-state index contributed by atoms with van der Waals surface area (Å²) in [4.78, 5) is 41.2. The van der Waals surface area contributed by atoms with Crippen molar-refractivity contribution in [1.82, 2.24) is 19.9 Å². The predicted octanol–water partition coefficient (Wildman–Crippen LogP) is 1.22. The minimum atomic E-state index is -0.718. The first-order valence-electron chi connectivity index (χ1n) is 9.50. The third-order valence-electron chi connectivity index (χ3n) is 5.11. The molecule has 3 heterocycles. The van der Waals surface area contributed by atoms with E-state index in [1.54, 1.807) is 26.4 Å². The molecule has 3 aromatic rings. The van der Waals surface area contributed by atoms with Gasteiger partial charge in [-0.15, -0.1) is 0 Å². The number of pyridine rings is 1. The Morgan fingerprint density at radius 3 is 2.43 bits per heavy atom. The summed E-state index contributed by atoms with van der Waals surface area (Å²) < 4.78 is 13.8. The molecule has 2 amide bonds. The summed E-state index contributed by atoms with van der Waals surface area (Å²) >= 11 is 0. The third-order valence-corrected chi connectivity index (χ3v) is 5.11. The fraction of sp³-hybridized carbons (Fsp3) is 0.300. The minimum absolute atomic E-state index is 0.0581. The van der Waals surface area contributed by atoms with Crippen LogP contribution in [-0.4, -0.2) is 71.9 Å². The molecule has 1 aromatic carbocycles. The van der Waals surface area contributed by atoms with Gasteiger partial charge in [-0.05, 0) is 24.3 Å². The Hall–Kier alpha value is -3.69. The number of benzene rings is 1. The summed E-state index contributed by atoms with van der Waals surface area (Å²) in [6, 6.07) is 6.02. The van der Waals surface area contributed by atoms with Crippen LogP contribution in [0.5, 0.6) is 0 Å². The zero-order valence-corrected chi connectivity index (χ0v) is 16.7. The van der Waals surface area contributed by atoms with Crippen LogP contribution in [0.1, 0.15) is 20.7 Å². The van der Waals surface area contributed by atoms with Crippen molar-refractivity contribution in [3.63, 3.8) is 0 Å². The van der Waals surface area contributed by atoms with Crippen molar-refractivity contribution < 1.29 is 14.0 Å². The molecule has 10 heteroatoms. The lowest BCUT2D eigenvalue weighted by atomic mass is 10.1. The van der Waals surface area contributed by atoms with Crippen LogP contribution in [0.25, 0.3) is 11.0 Å². The van der Waals surface area contributed by atoms with E-state index in [2.05, 4.69) is 19.9 Å². The van der Waals surface area contributed by atoms with Crippen LogP contribution in [-0.2, 0) is 0 Å². The van der Waals surface area contributed by atoms with E-state index in [0.717, 1.165) is 11.9 Å². The molecular weight excluding hydrogens is 389 g/mol. The van der Waals surface area contributed by atoms with Gasteiger partial charge in [-0.2, -0.15) is 0 Å². The molecule has 3 N–H and O–H groups in total. The Labute approximate surface area is 172 Å². The smallest absolute Gasteiger partial charge is 0.254 e. The number of piperazine rings is 1. The lowest BCUT2D eigenvalue weighted by Crippen LogP contribution is -2.47. The van der Waals surface area contributed by atoms with Crippen molar-refractivity contribution in [1.29, 1.82) is 0 Å². The van der Waals surface area contributed by atoms with E-state index in [1.165, 1.54) is 11.0 Å². The highest BCUT2D eigenvalue weighted by atomic mass is 19.1. The number of amides is 2. The number of aromatic nitrogens is 3. The summed E-state index contributed by atoms with van der Waals surface area (Å²) in [5, 5.41) is 0. The molecule has 0 saturated carbocycles. The van der Waals surface area contributed by atoms with Crippen LogP contribution in [0.2, 0.25) is 0 Å². The Morgan fingerprint density at radius 2 is 1.83 bits per heavy atom. The van der Waals surface area contributed by atoms with Crippen LogP contribution < -0.4 is 15.5 Å². The monoisotopic (exact) mass is 411 g/mol. The molecule has 30 heavy (non-hydrogen) atoms. The fourth-order valence-corrected chi connectivity index (χ4v) is 3.51. The largest absolute Gasteiger partial charge is 0.366 e. The minimum Gasteiger partial charge on any atom is -0.366 e. The van der Waals surface area contributed by atoms with Crippen LogP contribution in [0.15, 0.2) is 30.5 Å². The van der Waals surface area contributed by atoms with Crippen molar-refractivity contribution in [3.05, 3.63) is 47.4 Å². The number of H-pyrrole nitrogens is 1. The number of halogens is 1. The average molecular weight is 411 g/mol. The number of fused-ring (bicyclic) bond motifs is 1. The molecule has 1 saturated heterocycles. The number of rotatable bonds is 4. The first-order valence-corrected chi connectivity index (χ1v) is 9.50.